The maximum atomic E-state index is 13.8. The molecule has 1 aliphatic heterocycles. The molecule has 3 heterocycles. The summed E-state index contributed by atoms with van der Waals surface area (Å²) < 4.78 is 15.1. The summed E-state index contributed by atoms with van der Waals surface area (Å²) in [5.41, 5.74) is 0.195. The SMILES string of the molecule is CC(=O)c1nc2n(n1)C(c1ncccc1F)CC2O. The Morgan fingerprint density at radius 2 is 2.37 bits per heavy atom. The van der Waals surface area contributed by atoms with Gasteiger partial charge in [-0.15, -0.1) is 5.10 Å². The second-order valence-corrected chi connectivity index (χ2v) is 4.43. The van der Waals surface area contributed by atoms with Crippen LogP contribution in [0.3, 0.4) is 0 Å². The molecule has 0 saturated heterocycles. The third-order valence-corrected chi connectivity index (χ3v) is 3.11. The average Bonchev–Trinajstić information content (AvgIpc) is 2.92. The molecule has 3 rings (SSSR count). The maximum Gasteiger partial charge on any atom is 0.217 e. The van der Waals surface area contributed by atoms with Gasteiger partial charge in [-0.1, -0.05) is 0 Å². The van der Waals surface area contributed by atoms with Gasteiger partial charge in [-0.05, 0) is 12.1 Å². The van der Waals surface area contributed by atoms with E-state index in [4.69, 9.17) is 0 Å². The van der Waals surface area contributed by atoms with E-state index in [9.17, 15) is 14.3 Å². The Morgan fingerprint density at radius 1 is 1.58 bits per heavy atom. The number of hydrogen-bond acceptors (Lipinski definition) is 5. The van der Waals surface area contributed by atoms with Gasteiger partial charge in [0.2, 0.25) is 5.82 Å². The second kappa shape index (κ2) is 4.20. The lowest BCUT2D eigenvalue weighted by atomic mass is 10.1. The van der Waals surface area contributed by atoms with Crippen molar-refractivity contribution in [2.45, 2.75) is 25.5 Å². The number of rotatable bonds is 2. The van der Waals surface area contributed by atoms with E-state index < -0.39 is 18.0 Å². The number of fused-ring (bicyclic) bond motifs is 1. The maximum absolute atomic E-state index is 13.8. The van der Waals surface area contributed by atoms with Crippen LogP contribution >= 0.6 is 0 Å². The highest BCUT2D eigenvalue weighted by molar-refractivity contribution is 5.90. The Hall–Kier alpha value is -2.15. The van der Waals surface area contributed by atoms with Crippen molar-refractivity contribution in [2.75, 3.05) is 0 Å². The summed E-state index contributed by atoms with van der Waals surface area (Å²) in [4.78, 5) is 19.2. The third kappa shape index (κ3) is 1.82. The van der Waals surface area contributed by atoms with Gasteiger partial charge in [0.1, 0.15) is 23.7 Å². The molecule has 0 fully saturated rings. The normalized spacial score (nSPS) is 21.4. The minimum Gasteiger partial charge on any atom is -0.385 e. The molecule has 0 spiro atoms. The van der Waals surface area contributed by atoms with E-state index in [1.54, 1.807) is 0 Å². The lowest BCUT2D eigenvalue weighted by Gasteiger charge is -2.11. The highest BCUT2D eigenvalue weighted by Crippen LogP contribution is 2.36. The van der Waals surface area contributed by atoms with Crippen molar-refractivity contribution < 1.29 is 14.3 Å². The zero-order chi connectivity index (χ0) is 13.6. The largest absolute Gasteiger partial charge is 0.385 e. The molecule has 1 N–H and O–H groups in total. The number of carbonyl (C=O) groups is 1. The number of ketones is 1. The van der Waals surface area contributed by atoms with Crippen molar-refractivity contribution in [3.63, 3.8) is 0 Å². The summed E-state index contributed by atoms with van der Waals surface area (Å²) in [5.74, 6) is -0.461. The van der Waals surface area contributed by atoms with Crippen LogP contribution in [-0.4, -0.2) is 30.6 Å². The predicted octanol–water partition coefficient (Wildman–Crippen LogP) is 1.04. The van der Waals surface area contributed by atoms with Crippen molar-refractivity contribution in [1.82, 2.24) is 19.7 Å². The fraction of sp³-hybridized carbons (Fsp3) is 0.333. The zero-order valence-corrected chi connectivity index (χ0v) is 10.1. The summed E-state index contributed by atoms with van der Waals surface area (Å²) in [6.07, 6.45) is 0.861. The number of halogens is 1. The number of aliphatic hydroxyl groups is 1. The summed E-state index contributed by atoms with van der Waals surface area (Å²) in [6, 6.07) is 2.26. The number of hydrogen-bond donors (Lipinski definition) is 1. The molecule has 0 aromatic carbocycles. The van der Waals surface area contributed by atoms with Gasteiger partial charge in [0.25, 0.3) is 0 Å². The molecule has 0 saturated carbocycles. The molecule has 19 heavy (non-hydrogen) atoms. The van der Waals surface area contributed by atoms with Gasteiger partial charge in [-0.25, -0.2) is 14.1 Å². The van der Waals surface area contributed by atoms with Crippen LogP contribution in [0.2, 0.25) is 0 Å². The van der Waals surface area contributed by atoms with E-state index in [1.165, 1.54) is 29.9 Å². The highest BCUT2D eigenvalue weighted by Gasteiger charge is 2.36. The topological polar surface area (TPSA) is 80.9 Å². The zero-order valence-electron chi connectivity index (χ0n) is 10.1. The minimum absolute atomic E-state index is 0.0232. The molecule has 98 valence electrons. The van der Waals surface area contributed by atoms with Crippen LogP contribution in [0.15, 0.2) is 18.3 Å². The quantitative estimate of drug-likeness (QED) is 0.818. The van der Waals surface area contributed by atoms with Crippen molar-refractivity contribution in [1.29, 1.82) is 0 Å². The van der Waals surface area contributed by atoms with Crippen LogP contribution in [0.25, 0.3) is 0 Å². The number of aromatic nitrogens is 4. The van der Waals surface area contributed by atoms with Crippen LogP contribution in [0.4, 0.5) is 4.39 Å². The van der Waals surface area contributed by atoms with Crippen LogP contribution in [0.5, 0.6) is 0 Å². The van der Waals surface area contributed by atoms with Gasteiger partial charge in [-0.3, -0.25) is 9.78 Å². The predicted molar refractivity (Wildman–Crippen MR) is 61.9 cm³/mol. The lowest BCUT2D eigenvalue weighted by molar-refractivity contribution is 0.100. The van der Waals surface area contributed by atoms with Crippen molar-refractivity contribution in [2.24, 2.45) is 0 Å². The minimum atomic E-state index is -0.869. The number of carbonyl (C=O) groups excluding carboxylic acids is 1. The summed E-state index contributed by atoms with van der Waals surface area (Å²) in [5, 5.41) is 13.9. The number of aliphatic hydroxyl groups excluding tert-OH is 1. The summed E-state index contributed by atoms with van der Waals surface area (Å²) >= 11 is 0. The van der Waals surface area contributed by atoms with Gasteiger partial charge in [0.05, 0.1) is 0 Å². The van der Waals surface area contributed by atoms with Gasteiger partial charge in [-0.2, -0.15) is 0 Å². The molecule has 0 radical (unpaired) electrons. The first-order valence-electron chi connectivity index (χ1n) is 5.83. The van der Waals surface area contributed by atoms with E-state index in [0.717, 1.165) is 0 Å². The van der Waals surface area contributed by atoms with E-state index in [2.05, 4.69) is 15.1 Å². The summed E-state index contributed by atoms with van der Waals surface area (Å²) in [6.45, 7) is 1.34. The number of Topliss-reactive ketones (excluding diaryl/α,β-unsaturated/α-hetero) is 1. The first-order chi connectivity index (χ1) is 9.08. The molecular formula is C12H11FN4O2. The van der Waals surface area contributed by atoms with Crippen molar-refractivity contribution in [3.8, 4) is 0 Å². The molecule has 1 aliphatic rings. The van der Waals surface area contributed by atoms with Crippen molar-refractivity contribution in [3.05, 3.63) is 41.5 Å². The first kappa shape index (κ1) is 11.9. The Kier molecular flexibility index (Phi) is 2.63. The molecule has 0 amide bonds. The molecule has 0 bridgehead atoms. The van der Waals surface area contributed by atoms with Gasteiger partial charge in [0, 0.05) is 19.5 Å². The Bertz CT molecular complexity index is 655. The third-order valence-electron chi connectivity index (χ3n) is 3.11. The Balaban J connectivity index is 2.09. The highest BCUT2D eigenvalue weighted by atomic mass is 19.1. The van der Waals surface area contributed by atoms with Crippen LogP contribution in [0, 0.1) is 5.82 Å². The van der Waals surface area contributed by atoms with Crippen molar-refractivity contribution >= 4 is 5.78 Å². The molecule has 2 aromatic rings. The fourth-order valence-corrected chi connectivity index (χ4v) is 2.23. The molecule has 2 atom stereocenters. The van der Waals surface area contributed by atoms with Crippen LogP contribution in [-0.2, 0) is 0 Å². The van der Waals surface area contributed by atoms with Gasteiger partial charge in [0.15, 0.2) is 11.6 Å². The smallest absolute Gasteiger partial charge is 0.217 e. The Labute approximate surface area is 107 Å². The standard InChI is InChI=1S/C12H11FN4O2/c1-6(18)11-15-12-9(19)5-8(17(12)16-11)10-7(13)3-2-4-14-10/h2-4,8-9,19H,5H2,1H3. The lowest BCUT2D eigenvalue weighted by Crippen LogP contribution is -2.12. The molecule has 2 unspecified atom stereocenters. The van der Waals surface area contributed by atoms with E-state index >= 15 is 0 Å². The molecule has 6 nitrogen and oxygen atoms in total. The average molecular weight is 262 g/mol. The molecule has 0 aliphatic carbocycles. The molecular weight excluding hydrogens is 251 g/mol. The van der Waals surface area contributed by atoms with E-state index in [-0.39, 0.29) is 29.5 Å². The number of pyridine rings is 1. The monoisotopic (exact) mass is 262 g/mol. The van der Waals surface area contributed by atoms with E-state index in [1.807, 2.05) is 0 Å². The Morgan fingerprint density at radius 3 is 3.05 bits per heavy atom. The first-order valence-corrected chi connectivity index (χ1v) is 5.83. The van der Waals surface area contributed by atoms with Crippen LogP contribution < -0.4 is 0 Å². The number of nitrogens with zero attached hydrogens (tertiary/aromatic N) is 4. The second-order valence-electron chi connectivity index (χ2n) is 4.43. The van der Waals surface area contributed by atoms with Gasteiger partial charge >= 0.3 is 0 Å². The van der Waals surface area contributed by atoms with E-state index in [0.29, 0.717) is 0 Å². The molecule has 7 heteroatoms. The summed E-state index contributed by atoms with van der Waals surface area (Å²) in [7, 11) is 0. The van der Waals surface area contributed by atoms with Gasteiger partial charge < -0.3 is 5.11 Å². The molecule has 2 aromatic heterocycles. The fourth-order valence-electron chi connectivity index (χ4n) is 2.23. The van der Waals surface area contributed by atoms with Crippen LogP contribution in [0.1, 0.15) is 47.6 Å².